The molecule has 0 radical (unpaired) electrons. The number of carbonyl (C=O) groups excluding carboxylic acids is 1. The summed E-state index contributed by atoms with van der Waals surface area (Å²) in [7, 11) is 0. The Balaban J connectivity index is 1.36. The zero-order valence-corrected chi connectivity index (χ0v) is 21.2. The lowest BCUT2D eigenvalue weighted by atomic mass is 10.0. The largest absolute Gasteiger partial charge is 0.333 e. The summed E-state index contributed by atoms with van der Waals surface area (Å²) in [5.74, 6) is -0.521. The van der Waals surface area contributed by atoms with Gasteiger partial charge in [-0.1, -0.05) is 41.4 Å². The van der Waals surface area contributed by atoms with Gasteiger partial charge in [0.1, 0.15) is 17.0 Å². The molecule has 2 aromatic carbocycles. The van der Waals surface area contributed by atoms with Crippen molar-refractivity contribution in [3.63, 3.8) is 0 Å². The number of amides is 1. The molecule has 186 valence electrons. The zero-order valence-electron chi connectivity index (χ0n) is 19.7. The Morgan fingerprint density at radius 1 is 1.19 bits per heavy atom. The first kappa shape index (κ1) is 25.0. The molecule has 2 aromatic heterocycles. The number of benzene rings is 2. The van der Waals surface area contributed by atoms with E-state index in [2.05, 4.69) is 15.2 Å². The number of fused-ring (bicyclic) bond motifs is 3. The number of aromatic nitrogens is 2. The van der Waals surface area contributed by atoms with Gasteiger partial charge < -0.3 is 5.32 Å². The molecule has 0 spiro atoms. The highest BCUT2D eigenvalue weighted by atomic mass is 35.5. The van der Waals surface area contributed by atoms with Crippen LogP contribution in [0.3, 0.4) is 0 Å². The lowest BCUT2D eigenvalue weighted by Gasteiger charge is -2.27. The molecule has 1 N–H and O–H groups in total. The van der Waals surface area contributed by atoms with Gasteiger partial charge >= 0.3 is 6.03 Å². The summed E-state index contributed by atoms with van der Waals surface area (Å²) in [5.41, 5.74) is 4.52. The third kappa shape index (κ3) is 5.37. The fraction of sp³-hybridized carbons (Fsp3) is 0.179. The molecule has 0 fully saturated rings. The molecule has 4 aromatic rings. The van der Waals surface area contributed by atoms with Crippen LogP contribution in [0.15, 0.2) is 60.8 Å². The van der Waals surface area contributed by atoms with Crippen molar-refractivity contribution in [2.24, 2.45) is 0 Å². The number of nitrogens with zero attached hydrogens (tertiary/aromatic N) is 4. The summed E-state index contributed by atoms with van der Waals surface area (Å²) in [6.07, 6.45) is 6.19. The van der Waals surface area contributed by atoms with Crippen molar-refractivity contribution in [2.75, 3.05) is 13.1 Å². The van der Waals surface area contributed by atoms with Crippen molar-refractivity contribution in [1.82, 2.24) is 19.8 Å². The SMILES string of the molecule is N#Cc1cc(/C=C/CN2CCc3c(c4cc(Cl)ccc4n3C(=O)NCc3ccnc(Cl)c3)C2)ccc1F. The van der Waals surface area contributed by atoms with Crippen LogP contribution in [-0.4, -0.2) is 33.6 Å². The molecular weight excluding hydrogens is 512 g/mol. The summed E-state index contributed by atoms with van der Waals surface area (Å²) < 4.78 is 15.3. The number of carbonyl (C=O) groups is 1. The average Bonchev–Trinajstić information content (AvgIpc) is 3.21. The Kier molecular flexibility index (Phi) is 7.24. The van der Waals surface area contributed by atoms with E-state index in [1.165, 1.54) is 12.1 Å². The molecule has 6 nitrogen and oxygen atoms in total. The highest BCUT2D eigenvalue weighted by molar-refractivity contribution is 6.31. The molecule has 3 heterocycles. The normalized spacial score (nSPS) is 13.6. The fourth-order valence-corrected chi connectivity index (χ4v) is 5.02. The molecule has 1 amide bonds. The molecule has 5 rings (SSSR count). The Hall–Kier alpha value is -3.70. The topological polar surface area (TPSA) is 74.0 Å². The van der Waals surface area contributed by atoms with E-state index in [9.17, 15) is 9.18 Å². The molecule has 1 aliphatic heterocycles. The van der Waals surface area contributed by atoms with Crippen molar-refractivity contribution >= 4 is 46.2 Å². The predicted octanol–water partition coefficient (Wildman–Crippen LogP) is 6.18. The first-order chi connectivity index (χ1) is 17.9. The van der Waals surface area contributed by atoms with Crippen molar-refractivity contribution < 1.29 is 9.18 Å². The molecular formula is C28H22Cl2FN5O. The monoisotopic (exact) mass is 533 g/mol. The quantitative estimate of drug-likeness (QED) is 0.310. The first-order valence-electron chi connectivity index (χ1n) is 11.7. The van der Waals surface area contributed by atoms with Crippen LogP contribution in [-0.2, 0) is 19.5 Å². The molecule has 0 aliphatic carbocycles. The van der Waals surface area contributed by atoms with Crippen LogP contribution in [0.1, 0.15) is 27.9 Å². The summed E-state index contributed by atoms with van der Waals surface area (Å²) in [6.45, 7) is 2.42. The maximum absolute atomic E-state index is 13.6. The third-order valence-electron chi connectivity index (χ3n) is 6.41. The van der Waals surface area contributed by atoms with Gasteiger partial charge in [0.05, 0.1) is 11.1 Å². The molecule has 1 aliphatic rings. The van der Waals surface area contributed by atoms with Gasteiger partial charge in [0, 0.05) is 54.9 Å². The van der Waals surface area contributed by atoms with Gasteiger partial charge in [0.2, 0.25) is 0 Å². The number of nitriles is 1. The van der Waals surface area contributed by atoms with Crippen molar-refractivity contribution in [1.29, 1.82) is 5.26 Å². The molecule has 37 heavy (non-hydrogen) atoms. The lowest BCUT2D eigenvalue weighted by molar-refractivity contribution is 0.240. The average molecular weight is 534 g/mol. The fourth-order valence-electron chi connectivity index (χ4n) is 4.65. The van der Waals surface area contributed by atoms with Crippen LogP contribution < -0.4 is 5.32 Å². The van der Waals surface area contributed by atoms with Gasteiger partial charge in [-0.05, 0) is 59.2 Å². The van der Waals surface area contributed by atoms with Crippen LogP contribution in [0.25, 0.3) is 17.0 Å². The summed E-state index contributed by atoms with van der Waals surface area (Å²) >= 11 is 12.3. The zero-order chi connectivity index (χ0) is 25.9. The third-order valence-corrected chi connectivity index (χ3v) is 6.85. The summed E-state index contributed by atoms with van der Waals surface area (Å²) in [4.78, 5) is 19.6. The standard InChI is InChI=1S/C28H22Cl2FN5O/c29-21-4-6-25-22(14-21)23-17-35(10-1-2-18-3-5-24(31)20(12-18)15-32)11-8-26(23)36(25)28(37)34-16-19-7-9-33-27(30)13-19/h1-7,9,12-14H,8,10-11,16-17H2,(H,34,37)/b2-1+. The van der Waals surface area contributed by atoms with Crippen molar-refractivity contribution in [3.8, 4) is 6.07 Å². The van der Waals surface area contributed by atoms with E-state index in [1.54, 1.807) is 29.0 Å². The minimum Gasteiger partial charge on any atom is -0.333 e. The Morgan fingerprint density at radius 2 is 2.05 bits per heavy atom. The maximum atomic E-state index is 13.6. The maximum Gasteiger partial charge on any atom is 0.326 e. The minimum atomic E-state index is -0.521. The van der Waals surface area contributed by atoms with E-state index in [0.717, 1.165) is 39.8 Å². The Labute approximate surface area is 223 Å². The number of hydrogen-bond donors (Lipinski definition) is 1. The molecule has 0 unspecified atom stereocenters. The number of pyridine rings is 1. The van der Waals surface area contributed by atoms with Crippen molar-refractivity contribution in [2.45, 2.75) is 19.5 Å². The number of nitrogens with one attached hydrogen (secondary N) is 1. The number of rotatable bonds is 5. The van der Waals surface area contributed by atoms with Gasteiger partial charge in [0.15, 0.2) is 0 Å². The van der Waals surface area contributed by atoms with Crippen LogP contribution in [0.2, 0.25) is 10.2 Å². The second kappa shape index (κ2) is 10.7. The highest BCUT2D eigenvalue weighted by Gasteiger charge is 2.26. The number of hydrogen-bond acceptors (Lipinski definition) is 4. The molecule has 9 heteroatoms. The molecule has 0 saturated carbocycles. The minimum absolute atomic E-state index is 0.0276. The van der Waals surface area contributed by atoms with Crippen molar-refractivity contribution in [3.05, 3.63) is 105 Å². The number of halogens is 3. The van der Waals surface area contributed by atoms with E-state index >= 15 is 0 Å². The predicted molar refractivity (Wildman–Crippen MR) is 143 cm³/mol. The Bertz CT molecular complexity index is 1570. The van der Waals surface area contributed by atoms with E-state index in [1.807, 2.05) is 36.4 Å². The van der Waals surface area contributed by atoms with E-state index in [0.29, 0.717) is 36.2 Å². The van der Waals surface area contributed by atoms with E-state index in [4.69, 9.17) is 28.5 Å². The van der Waals surface area contributed by atoms with E-state index in [-0.39, 0.29) is 11.6 Å². The van der Waals surface area contributed by atoms with Gasteiger partial charge in [-0.25, -0.2) is 14.2 Å². The lowest BCUT2D eigenvalue weighted by Crippen LogP contribution is -2.34. The first-order valence-corrected chi connectivity index (χ1v) is 12.5. The smallest absolute Gasteiger partial charge is 0.326 e. The van der Waals surface area contributed by atoms with Crippen LogP contribution in [0.5, 0.6) is 0 Å². The second-order valence-electron chi connectivity index (χ2n) is 8.81. The van der Waals surface area contributed by atoms with Crippen LogP contribution in [0.4, 0.5) is 9.18 Å². The van der Waals surface area contributed by atoms with Gasteiger partial charge in [-0.15, -0.1) is 0 Å². The highest BCUT2D eigenvalue weighted by Crippen LogP contribution is 2.32. The van der Waals surface area contributed by atoms with Gasteiger partial charge in [-0.3, -0.25) is 9.47 Å². The molecule has 0 atom stereocenters. The second-order valence-corrected chi connectivity index (χ2v) is 9.63. The van der Waals surface area contributed by atoms with E-state index < -0.39 is 5.82 Å². The van der Waals surface area contributed by atoms with Gasteiger partial charge in [-0.2, -0.15) is 5.26 Å². The van der Waals surface area contributed by atoms with Crippen LogP contribution in [0, 0.1) is 17.1 Å². The summed E-state index contributed by atoms with van der Waals surface area (Å²) in [5, 5.41) is 14.0. The Morgan fingerprint density at radius 3 is 2.86 bits per heavy atom. The molecule has 0 bridgehead atoms. The summed E-state index contributed by atoms with van der Waals surface area (Å²) in [6, 6.07) is 15.3. The van der Waals surface area contributed by atoms with Gasteiger partial charge in [0.25, 0.3) is 0 Å². The van der Waals surface area contributed by atoms with Crippen LogP contribution >= 0.6 is 23.2 Å². The molecule has 0 saturated heterocycles.